The van der Waals surface area contributed by atoms with E-state index in [1.54, 1.807) is 12.1 Å². The molecule has 0 aromatic carbocycles. The highest BCUT2D eigenvalue weighted by Gasteiger charge is 2.32. The Hall–Kier alpha value is -2.15. The van der Waals surface area contributed by atoms with Crippen LogP contribution < -0.4 is 16.4 Å². The molecule has 1 aliphatic rings. The summed E-state index contributed by atoms with van der Waals surface area (Å²) in [4.78, 5) is 27.2. The van der Waals surface area contributed by atoms with E-state index in [0.29, 0.717) is 19.0 Å². The summed E-state index contributed by atoms with van der Waals surface area (Å²) in [5.41, 5.74) is 5.03. The third kappa shape index (κ3) is 3.91. The third-order valence-electron chi connectivity index (χ3n) is 3.75. The zero-order valence-corrected chi connectivity index (χ0v) is 12.0. The molecule has 0 aliphatic carbocycles. The lowest BCUT2D eigenvalue weighted by Crippen LogP contribution is -2.52. The van der Waals surface area contributed by atoms with Gasteiger partial charge in [0, 0.05) is 18.8 Å². The Kier molecular flexibility index (Phi) is 4.74. The number of ether oxygens (including phenoxy) is 1. The fourth-order valence-electron chi connectivity index (χ4n) is 2.36. The summed E-state index contributed by atoms with van der Waals surface area (Å²) < 4.78 is 5.33. The van der Waals surface area contributed by atoms with Gasteiger partial charge in [-0.2, -0.15) is 0 Å². The van der Waals surface area contributed by atoms with Crippen molar-refractivity contribution < 1.29 is 14.3 Å². The van der Waals surface area contributed by atoms with Gasteiger partial charge < -0.3 is 15.8 Å². The average molecular weight is 292 g/mol. The number of hydrogen-bond acceptors (Lipinski definition) is 4. The first kappa shape index (κ1) is 15.2. The number of nitrogens with one attached hydrogen (secondary N) is 2. The van der Waals surface area contributed by atoms with Crippen molar-refractivity contribution in [3.63, 3.8) is 0 Å². The molecule has 7 heteroatoms. The average Bonchev–Trinajstić information content (AvgIpc) is 2.48. The summed E-state index contributed by atoms with van der Waals surface area (Å²) in [5.74, 6) is -0.337. The molecule has 2 heterocycles. The minimum Gasteiger partial charge on any atom is -0.381 e. The van der Waals surface area contributed by atoms with Gasteiger partial charge in [0.15, 0.2) is 0 Å². The highest BCUT2D eigenvalue weighted by atomic mass is 16.5. The van der Waals surface area contributed by atoms with E-state index in [9.17, 15) is 9.59 Å². The van der Waals surface area contributed by atoms with Gasteiger partial charge in [0.25, 0.3) is 5.91 Å². The second-order valence-electron chi connectivity index (χ2n) is 5.10. The van der Waals surface area contributed by atoms with Crippen molar-refractivity contribution in [3.8, 4) is 0 Å². The number of primary amides is 1. The van der Waals surface area contributed by atoms with Crippen LogP contribution >= 0.6 is 0 Å². The number of carbonyl (C=O) groups is 2. The van der Waals surface area contributed by atoms with Crippen LogP contribution in [0.15, 0.2) is 18.2 Å². The maximum atomic E-state index is 12.1. The van der Waals surface area contributed by atoms with E-state index >= 15 is 0 Å². The Bertz CT molecular complexity index is 527. The number of amides is 3. The third-order valence-corrected chi connectivity index (χ3v) is 3.75. The van der Waals surface area contributed by atoms with E-state index < -0.39 is 5.91 Å². The van der Waals surface area contributed by atoms with Crippen molar-refractivity contribution >= 4 is 17.8 Å². The predicted octanol–water partition coefficient (Wildman–Crippen LogP) is 1.26. The van der Waals surface area contributed by atoms with Gasteiger partial charge >= 0.3 is 6.03 Å². The molecule has 0 bridgehead atoms. The molecule has 1 saturated heterocycles. The highest BCUT2D eigenvalue weighted by molar-refractivity contribution is 5.93. The first-order valence-electron chi connectivity index (χ1n) is 6.98. The summed E-state index contributed by atoms with van der Waals surface area (Å²) in [7, 11) is 0. The van der Waals surface area contributed by atoms with Crippen molar-refractivity contribution in [2.24, 2.45) is 5.73 Å². The van der Waals surface area contributed by atoms with Gasteiger partial charge in [-0.25, -0.2) is 9.78 Å². The van der Waals surface area contributed by atoms with E-state index in [0.717, 1.165) is 19.3 Å². The van der Waals surface area contributed by atoms with Crippen molar-refractivity contribution in [3.05, 3.63) is 23.9 Å². The molecule has 0 atom stereocenters. The molecule has 3 amide bonds. The highest BCUT2D eigenvalue weighted by Crippen LogP contribution is 2.24. The van der Waals surface area contributed by atoms with Gasteiger partial charge in [-0.3, -0.25) is 10.1 Å². The summed E-state index contributed by atoms with van der Waals surface area (Å²) in [6.45, 7) is 3.32. The SMILES string of the molecule is CCC1(NC(=O)Nc2cccc(C(N)=O)n2)CCOCC1. The Morgan fingerprint density at radius 1 is 1.38 bits per heavy atom. The van der Waals surface area contributed by atoms with E-state index in [2.05, 4.69) is 15.6 Å². The zero-order valence-electron chi connectivity index (χ0n) is 12.0. The second kappa shape index (κ2) is 6.53. The van der Waals surface area contributed by atoms with Crippen molar-refractivity contribution in [1.82, 2.24) is 10.3 Å². The fraction of sp³-hybridized carbons (Fsp3) is 0.500. The number of urea groups is 1. The molecule has 4 N–H and O–H groups in total. The lowest BCUT2D eigenvalue weighted by molar-refractivity contribution is 0.0416. The largest absolute Gasteiger partial charge is 0.381 e. The molecule has 7 nitrogen and oxygen atoms in total. The van der Waals surface area contributed by atoms with E-state index in [4.69, 9.17) is 10.5 Å². The van der Waals surface area contributed by atoms with Crippen LogP contribution in [0.4, 0.5) is 10.6 Å². The molecule has 0 unspecified atom stereocenters. The molecule has 1 fully saturated rings. The summed E-state index contributed by atoms with van der Waals surface area (Å²) in [5, 5.41) is 5.63. The maximum Gasteiger partial charge on any atom is 0.320 e. The lowest BCUT2D eigenvalue weighted by atomic mass is 9.87. The van der Waals surface area contributed by atoms with Crippen molar-refractivity contribution in [2.45, 2.75) is 31.7 Å². The number of aromatic nitrogens is 1. The van der Waals surface area contributed by atoms with Gasteiger partial charge in [0.1, 0.15) is 11.5 Å². The molecule has 2 rings (SSSR count). The summed E-state index contributed by atoms with van der Waals surface area (Å²) >= 11 is 0. The molecule has 0 saturated carbocycles. The Balaban J connectivity index is 2.00. The maximum absolute atomic E-state index is 12.1. The topological polar surface area (TPSA) is 106 Å². The number of hydrogen-bond donors (Lipinski definition) is 3. The second-order valence-corrected chi connectivity index (χ2v) is 5.10. The number of nitrogens with two attached hydrogens (primary N) is 1. The monoisotopic (exact) mass is 292 g/mol. The smallest absolute Gasteiger partial charge is 0.320 e. The van der Waals surface area contributed by atoms with Crippen molar-refractivity contribution in [1.29, 1.82) is 0 Å². The number of carbonyl (C=O) groups excluding carboxylic acids is 2. The molecule has 0 radical (unpaired) electrons. The van der Waals surface area contributed by atoms with Gasteiger partial charge in [0.05, 0.1) is 0 Å². The first-order valence-corrected chi connectivity index (χ1v) is 6.98. The number of rotatable bonds is 4. The van der Waals surface area contributed by atoms with E-state index in [1.165, 1.54) is 6.07 Å². The van der Waals surface area contributed by atoms with Crippen LogP contribution in [0.5, 0.6) is 0 Å². The Morgan fingerprint density at radius 2 is 2.10 bits per heavy atom. The Morgan fingerprint density at radius 3 is 2.71 bits per heavy atom. The van der Waals surface area contributed by atoms with Gasteiger partial charge in [-0.1, -0.05) is 13.0 Å². The van der Waals surface area contributed by atoms with E-state index in [1.807, 2.05) is 6.92 Å². The van der Waals surface area contributed by atoms with Crippen LogP contribution in [-0.4, -0.2) is 35.7 Å². The lowest BCUT2D eigenvalue weighted by Gasteiger charge is -2.37. The van der Waals surface area contributed by atoms with Crippen LogP contribution in [0.3, 0.4) is 0 Å². The van der Waals surface area contributed by atoms with Crippen molar-refractivity contribution in [2.75, 3.05) is 18.5 Å². The first-order chi connectivity index (χ1) is 10.0. The molecule has 1 aliphatic heterocycles. The minimum absolute atomic E-state index is 0.115. The Labute approximate surface area is 123 Å². The van der Waals surface area contributed by atoms with Gasteiger partial charge in [-0.15, -0.1) is 0 Å². The summed E-state index contributed by atoms with van der Waals surface area (Å²) in [6.07, 6.45) is 2.40. The van der Waals surface area contributed by atoms with Crippen LogP contribution in [0.1, 0.15) is 36.7 Å². The van der Waals surface area contributed by atoms with Crippen LogP contribution in [-0.2, 0) is 4.74 Å². The molecular formula is C14H20N4O3. The quantitative estimate of drug-likeness (QED) is 0.776. The number of nitrogens with zero attached hydrogens (tertiary/aromatic N) is 1. The summed E-state index contributed by atoms with van der Waals surface area (Å²) in [6, 6.07) is 4.38. The molecule has 21 heavy (non-hydrogen) atoms. The van der Waals surface area contributed by atoms with Gasteiger partial charge in [-0.05, 0) is 31.4 Å². The molecule has 1 aromatic rings. The van der Waals surface area contributed by atoms with E-state index in [-0.39, 0.29) is 17.3 Å². The molecule has 114 valence electrons. The zero-order chi connectivity index (χ0) is 15.3. The molecule has 1 aromatic heterocycles. The molecule has 0 spiro atoms. The molecular weight excluding hydrogens is 272 g/mol. The predicted molar refractivity (Wildman–Crippen MR) is 78.0 cm³/mol. The number of anilines is 1. The number of pyridine rings is 1. The minimum atomic E-state index is -0.631. The standard InChI is InChI=1S/C14H20N4O3/c1-2-14(6-8-21-9-7-14)18-13(20)17-11-5-3-4-10(16-11)12(15)19/h3-5H,2,6-9H2,1H3,(H2,15,19)(H2,16,17,18,20). The van der Waals surface area contributed by atoms with Gasteiger partial charge in [0.2, 0.25) is 0 Å². The normalized spacial score (nSPS) is 17.0. The van der Waals surface area contributed by atoms with Crippen LogP contribution in [0, 0.1) is 0 Å². The fourth-order valence-corrected chi connectivity index (χ4v) is 2.36. The van der Waals surface area contributed by atoms with Crippen LogP contribution in [0.25, 0.3) is 0 Å². The van der Waals surface area contributed by atoms with Crippen LogP contribution in [0.2, 0.25) is 0 Å².